The van der Waals surface area contributed by atoms with E-state index in [1.807, 2.05) is 10.9 Å². The van der Waals surface area contributed by atoms with Gasteiger partial charge in [-0.2, -0.15) is 5.10 Å². The maximum atomic E-state index is 4.68. The van der Waals surface area contributed by atoms with Gasteiger partial charge >= 0.3 is 0 Å². The summed E-state index contributed by atoms with van der Waals surface area (Å²) in [6.07, 6.45) is 6.01. The maximum absolute atomic E-state index is 4.68. The van der Waals surface area contributed by atoms with Crippen LogP contribution < -0.4 is 10.6 Å². The minimum Gasteiger partial charge on any atom is -0.357 e. The lowest BCUT2D eigenvalue weighted by atomic mass is 10.1. The topological polar surface area (TPSA) is 57.5 Å². The number of hydrogen-bond acceptors (Lipinski definition) is 3. The van der Waals surface area contributed by atoms with Crippen molar-refractivity contribution in [2.75, 3.05) is 26.7 Å². The molecule has 0 fully saturated rings. The normalized spacial score (nSPS) is 13.0. The van der Waals surface area contributed by atoms with E-state index in [9.17, 15) is 0 Å². The standard InChI is InChI=1S/C22H36N6/c1-5-23-22(24-13-9-15-28-17-19(2)16-26-28)25-14-12-20(3)27(4)18-21-10-7-6-8-11-21/h6-8,10-11,16-17,20H,5,9,12-15,18H2,1-4H3,(H2,23,24,25). The quantitative estimate of drug-likeness (QED) is 0.355. The Balaban J connectivity index is 1.69. The molecule has 1 unspecified atom stereocenters. The fourth-order valence-corrected chi connectivity index (χ4v) is 3.00. The minimum atomic E-state index is 0.499. The molecule has 1 atom stereocenters. The van der Waals surface area contributed by atoms with Gasteiger partial charge in [-0.15, -0.1) is 0 Å². The van der Waals surface area contributed by atoms with Crippen LogP contribution in [0.4, 0.5) is 0 Å². The van der Waals surface area contributed by atoms with E-state index in [0.29, 0.717) is 6.04 Å². The Morgan fingerprint density at radius 3 is 2.71 bits per heavy atom. The van der Waals surface area contributed by atoms with Crippen LogP contribution in [0.25, 0.3) is 0 Å². The van der Waals surface area contributed by atoms with Crippen LogP contribution >= 0.6 is 0 Å². The highest BCUT2D eigenvalue weighted by Crippen LogP contribution is 2.07. The third kappa shape index (κ3) is 8.13. The van der Waals surface area contributed by atoms with Crippen LogP contribution in [0.15, 0.2) is 47.7 Å². The summed E-state index contributed by atoms with van der Waals surface area (Å²) >= 11 is 0. The molecule has 0 radical (unpaired) electrons. The average molecular weight is 385 g/mol. The van der Waals surface area contributed by atoms with Crippen LogP contribution in [-0.2, 0) is 13.1 Å². The van der Waals surface area contributed by atoms with Crippen LogP contribution in [0.5, 0.6) is 0 Å². The monoisotopic (exact) mass is 384 g/mol. The van der Waals surface area contributed by atoms with Crippen molar-refractivity contribution in [1.82, 2.24) is 25.3 Å². The van der Waals surface area contributed by atoms with E-state index in [1.54, 1.807) is 0 Å². The molecule has 28 heavy (non-hydrogen) atoms. The summed E-state index contributed by atoms with van der Waals surface area (Å²) < 4.78 is 1.98. The molecule has 6 nitrogen and oxygen atoms in total. The molecule has 6 heteroatoms. The fraction of sp³-hybridized carbons (Fsp3) is 0.545. The van der Waals surface area contributed by atoms with E-state index in [2.05, 4.69) is 90.0 Å². The lowest BCUT2D eigenvalue weighted by Gasteiger charge is -2.25. The van der Waals surface area contributed by atoms with E-state index >= 15 is 0 Å². The Labute approximate surface area is 170 Å². The Morgan fingerprint density at radius 2 is 2.04 bits per heavy atom. The highest BCUT2D eigenvalue weighted by molar-refractivity contribution is 5.79. The number of rotatable bonds is 11. The van der Waals surface area contributed by atoms with E-state index < -0.39 is 0 Å². The van der Waals surface area contributed by atoms with Gasteiger partial charge in [0.2, 0.25) is 0 Å². The number of aryl methyl sites for hydroxylation is 2. The SMILES string of the molecule is CCNC(=NCCCn1cc(C)cn1)NCCC(C)N(C)Cc1ccccc1. The Hall–Kier alpha value is -2.34. The zero-order valence-corrected chi connectivity index (χ0v) is 17.9. The van der Waals surface area contributed by atoms with Crippen LogP contribution in [0.1, 0.15) is 37.8 Å². The van der Waals surface area contributed by atoms with Crippen LogP contribution in [0.3, 0.4) is 0 Å². The second-order valence-electron chi connectivity index (χ2n) is 7.36. The third-order valence-electron chi connectivity index (χ3n) is 4.80. The summed E-state index contributed by atoms with van der Waals surface area (Å²) in [6.45, 7) is 10.9. The van der Waals surface area contributed by atoms with Crippen molar-refractivity contribution in [3.63, 3.8) is 0 Å². The van der Waals surface area contributed by atoms with Gasteiger partial charge in [0, 0.05) is 45.0 Å². The molecular weight excluding hydrogens is 348 g/mol. The van der Waals surface area contributed by atoms with Crippen molar-refractivity contribution < 1.29 is 0 Å². The number of nitrogens with one attached hydrogen (secondary N) is 2. The lowest BCUT2D eigenvalue weighted by Crippen LogP contribution is -2.40. The van der Waals surface area contributed by atoms with Gasteiger partial charge in [-0.3, -0.25) is 14.6 Å². The Bertz CT molecular complexity index is 694. The predicted molar refractivity (Wildman–Crippen MR) is 118 cm³/mol. The third-order valence-corrected chi connectivity index (χ3v) is 4.80. The molecule has 0 amide bonds. The first kappa shape index (κ1) is 22.0. The molecule has 0 aliphatic carbocycles. The lowest BCUT2D eigenvalue weighted by molar-refractivity contribution is 0.238. The second kappa shape index (κ2) is 12.2. The van der Waals surface area contributed by atoms with Gasteiger partial charge < -0.3 is 10.6 Å². The largest absolute Gasteiger partial charge is 0.357 e. The van der Waals surface area contributed by atoms with Crippen molar-refractivity contribution in [2.24, 2.45) is 4.99 Å². The molecule has 2 rings (SSSR count). The molecule has 0 aliphatic rings. The van der Waals surface area contributed by atoms with Crippen LogP contribution in [0.2, 0.25) is 0 Å². The van der Waals surface area contributed by atoms with Gasteiger partial charge in [-0.05, 0) is 51.8 Å². The average Bonchev–Trinajstić information content (AvgIpc) is 3.11. The highest BCUT2D eigenvalue weighted by Gasteiger charge is 2.09. The van der Waals surface area contributed by atoms with E-state index in [4.69, 9.17) is 0 Å². The van der Waals surface area contributed by atoms with Crippen molar-refractivity contribution in [1.29, 1.82) is 0 Å². The number of aromatic nitrogens is 2. The van der Waals surface area contributed by atoms with Crippen LogP contribution in [-0.4, -0.2) is 53.4 Å². The van der Waals surface area contributed by atoms with Crippen molar-refractivity contribution in [3.05, 3.63) is 53.9 Å². The fourth-order valence-electron chi connectivity index (χ4n) is 3.00. The molecule has 0 bridgehead atoms. The minimum absolute atomic E-state index is 0.499. The van der Waals surface area contributed by atoms with Gasteiger partial charge in [-0.1, -0.05) is 30.3 Å². The summed E-state index contributed by atoms with van der Waals surface area (Å²) in [5.74, 6) is 0.900. The van der Waals surface area contributed by atoms with E-state index in [0.717, 1.165) is 51.5 Å². The van der Waals surface area contributed by atoms with E-state index in [1.165, 1.54) is 11.1 Å². The van der Waals surface area contributed by atoms with Crippen molar-refractivity contribution in [2.45, 2.75) is 52.7 Å². The Kier molecular flexibility index (Phi) is 9.55. The number of hydrogen-bond donors (Lipinski definition) is 2. The zero-order chi connectivity index (χ0) is 20.2. The summed E-state index contributed by atoms with van der Waals surface area (Å²) in [6, 6.07) is 11.1. The molecule has 2 N–H and O–H groups in total. The summed E-state index contributed by atoms with van der Waals surface area (Å²) in [5.41, 5.74) is 2.55. The molecular formula is C22H36N6. The van der Waals surface area contributed by atoms with Gasteiger partial charge in [0.1, 0.15) is 0 Å². The molecule has 0 aliphatic heterocycles. The summed E-state index contributed by atoms with van der Waals surface area (Å²) in [5, 5.41) is 11.1. The zero-order valence-electron chi connectivity index (χ0n) is 17.9. The Morgan fingerprint density at radius 1 is 1.25 bits per heavy atom. The smallest absolute Gasteiger partial charge is 0.191 e. The van der Waals surface area contributed by atoms with Gasteiger partial charge in [0.15, 0.2) is 5.96 Å². The van der Waals surface area contributed by atoms with E-state index in [-0.39, 0.29) is 0 Å². The molecule has 0 spiro atoms. The number of aliphatic imine (C=N–C) groups is 1. The molecule has 2 aromatic rings. The first-order chi connectivity index (χ1) is 13.6. The highest BCUT2D eigenvalue weighted by atomic mass is 15.3. The van der Waals surface area contributed by atoms with Gasteiger partial charge in [0.25, 0.3) is 0 Å². The van der Waals surface area contributed by atoms with Crippen molar-refractivity contribution >= 4 is 5.96 Å². The molecule has 0 saturated heterocycles. The predicted octanol–water partition coefficient (Wildman–Crippen LogP) is 3.05. The van der Waals surface area contributed by atoms with Crippen molar-refractivity contribution in [3.8, 4) is 0 Å². The van der Waals surface area contributed by atoms with Gasteiger partial charge in [-0.25, -0.2) is 0 Å². The molecule has 1 aromatic carbocycles. The van der Waals surface area contributed by atoms with Gasteiger partial charge in [0.05, 0.1) is 6.20 Å². The first-order valence-corrected chi connectivity index (χ1v) is 10.3. The first-order valence-electron chi connectivity index (χ1n) is 10.3. The summed E-state index contributed by atoms with van der Waals surface area (Å²) in [4.78, 5) is 7.08. The number of benzene rings is 1. The number of nitrogens with zero attached hydrogens (tertiary/aromatic N) is 4. The summed E-state index contributed by atoms with van der Waals surface area (Å²) in [7, 11) is 2.19. The van der Waals surface area contributed by atoms with Crippen LogP contribution in [0, 0.1) is 6.92 Å². The molecule has 154 valence electrons. The number of guanidine groups is 1. The maximum Gasteiger partial charge on any atom is 0.191 e. The second-order valence-corrected chi connectivity index (χ2v) is 7.36. The molecule has 1 aromatic heterocycles. The molecule has 0 saturated carbocycles. The molecule has 1 heterocycles.